The molecule has 1 nitrogen and oxygen atoms in total. The van der Waals surface area contributed by atoms with E-state index in [9.17, 15) is 0 Å². The Bertz CT molecular complexity index is 424. The molecule has 1 atom stereocenters. The summed E-state index contributed by atoms with van der Waals surface area (Å²) in [5.41, 5.74) is 2.96. The van der Waals surface area contributed by atoms with Gasteiger partial charge in [-0.2, -0.15) is 0 Å². The van der Waals surface area contributed by atoms with Gasteiger partial charge in [-0.15, -0.1) is 0 Å². The maximum absolute atomic E-state index is 6.41. The topological polar surface area (TPSA) is 9.23 Å². The van der Waals surface area contributed by atoms with Gasteiger partial charge in [0.15, 0.2) is 0 Å². The molecule has 0 fully saturated rings. The summed E-state index contributed by atoms with van der Waals surface area (Å²) in [4.78, 5) is 0. The van der Waals surface area contributed by atoms with Crippen LogP contribution in [0.4, 0.5) is 0 Å². The van der Waals surface area contributed by atoms with Crippen LogP contribution in [0, 0.1) is 5.41 Å². The van der Waals surface area contributed by atoms with Gasteiger partial charge in [0.2, 0.25) is 0 Å². The van der Waals surface area contributed by atoms with Crippen molar-refractivity contribution < 1.29 is 4.74 Å². The van der Waals surface area contributed by atoms with Gasteiger partial charge in [0.25, 0.3) is 0 Å². The van der Waals surface area contributed by atoms with Crippen LogP contribution in [0.3, 0.4) is 0 Å². The zero-order chi connectivity index (χ0) is 15.5. The Balaban J connectivity index is 3.21. The number of ether oxygens (including phenoxy) is 1. The van der Waals surface area contributed by atoms with Gasteiger partial charge in [-0.1, -0.05) is 67.5 Å². The van der Waals surface area contributed by atoms with E-state index in [1.165, 1.54) is 11.1 Å². The molecule has 0 saturated heterocycles. The maximum Gasteiger partial charge on any atom is 0.123 e. The second kappa shape index (κ2) is 6.65. The molecule has 114 valence electrons. The Hall–Kier alpha value is -0.980. The molecule has 1 unspecified atom stereocenters. The Morgan fingerprint density at radius 1 is 1.00 bits per heavy atom. The number of benzene rings is 1. The first-order valence-corrected chi connectivity index (χ1v) is 7.97. The third-order valence-corrected chi connectivity index (χ3v) is 3.91. The van der Waals surface area contributed by atoms with E-state index in [4.69, 9.17) is 4.74 Å². The lowest BCUT2D eigenvalue weighted by Gasteiger charge is -2.32. The van der Waals surface area contributed by atoms with Crippen molar-refractivity contribution in [1.29, 1.82) is 0 Å². The fourth-order valence-corrected chi connectivity index (χ4v) is 2.81. The first-order valence-electron chi connectivity index (χ1n) is 7.97. The van der Waals surface area contributed by atoms with Crippen molar-refractivity contribution >= 4 is 0 Å². The van der Waals surface area contributed by atoms with E-state index in [0.717, 1.165) is 12.2 Å². The van der Waals surface area contributed by atoms with Crippen LogP contribution in [0.5, 0.6) is 5.75 Å². The SMILES string of the molecule is CCC(Oc1cccc(C(C)C)c1C(C)C)C(C)(C)C. The van der Waals surface area contributed by atoms with Crippen molar-refractivity contribution in [3.8, 4) is 5.75 Å². The normalized spacial score (nSPS) is 13.9. The number of hydrogen-bond donors (Lipinski definition) is 0. The molecule has 0 heterocycles. The third-order valence-electron chi connectivity index (χ3n) is 3.91. The van der Waals surface area contributed by atoms with E-state index in [1.54, 1.807) is 0 Å². The molecule has 0 N–H and O–H groups in total. The van der Waals surface area contributed by atoms with Gasteiger partial charge in [0.05, 0.1) is 0 Å². The lowest BCUT2D eigenvalue weighted by molar-refractivity contribution is 0.0820. The molecule has 0 radical (unpaired) electrons. The van der Waals surface area contributed by atoms with Gasteiger partial charge in [-0.05, 0) is 35.3 Å². The minimum atomic E-state index is 0.164. The van der Waals surface area contributed by atoms with Gasteiger partial charge >= 0.3 is 0 Å². The van der Waals surface area contributed by atoms with Crippen molar-refractivity contribution in [2.75, 3.05) is 0 Å². The summed E-state index contributed by atoms with van der Waals surface area (Å²) in [6.45, 7) is 18.0. The van der Waals surface area contributed by atoms with Crippen molar-refractivity contribution in [3.05, 3.63) is 29.3 Å². The molecule has 0 aliphatic carbocycles. The molecule has 1 aromatic carbocycles. The van der Waals surface area contributed by atoms with Crippen LogP contribution in [0.1, 0.15) is 84.8 Å². The monoisotopic (exact) mass is 276 g/mol. The molecule has 0 spiro atoms. The summed E-state index contributed by atoms with van der Waals surface area (Å²) < 4.78 is 6.41. The predicted octanol–water partition coefficient (Wildman–Crippen LogP) is 6.14. The van der Waals surface area contributed by atoms with Crippen LogP contribution in [-0.2, 0) is 0 Å². The van der Waals surface area contributed by atoms with Gasteiger partial charge in [-0.25, -0.2) is 0 Å². The number of hydrogen-bond acceptors (Lipinski definition) is 1. The number of rotatable bonds is 5. The molecule has 1 heteroatoms. The molecule has 0 amide bonds. The minimum absolute atomic E-state index is 0.164. The first-order chi connectivity index (χ1) is 9.18. The largest absolute Gasteiger partial charge is 0.490 e. The fraction of sp³-hybridized carbons (Fsp3) is 0.684. The smallest absolute Gasteiger partial charge is 0.123 e. The Morgan fingerprint density at radius 3 is 2.00 bits per heavy atom. The average Bonchev–Trinajstić information content (AvgIpc) is 2.33. The highest BCUT2D eigenvalue weighted by atomic mass is 16.5. The predicted molar refractivity (Wildman–Crippen MR) is 88.8 cm³/mol. The molecule has 1 aromatic rings. The van der Waals surface area contributed by atoms with E-state index in [0.29, 0.717) is 11.8 Å². The molecule has 20 heavy (non-hydrogen) atoms. The molecule has 0 aliphatic heterocycles. The lowest BCUT2D eigenvalue weighted by Crippen LogP contribution is -2.31. The summed E-state index contributed by atoms with van der Waals surface area (Å²) >= 11 is 0. The first kappa shape index (κ1) is 17.1. The quantitative estimate of drug-likeness (QED) is 0.628. The molecular weight excluding hydrogens is 244 g/mol. The highest BCUT2D eigenvalue weighted by Crippen LogP contribution is 2.36. The van der Waals surface area contributed by atoms with Crippen LogP contribution in [0.2, 0.25) is 0 Å². The van der Waals surface area contributed by atoms with Gasteiger partial charge < -0.3 is 4.74 Å². The summed E-state index contributed by atoms with van der Waals surface area (Å²) in [7, 11) is 0. The van der Waals surface area contributed by atoms with Crippen LogP contribution in [0.25, 0.3) is 0 Å². The second-order valence-electron chi connectivity index (χ2n) is 7.45. The average molecular weight is 276 g/mol. The molecule has 0 bridgehead atoms. The molecule has 0 aromatic heterocycles. The summed E-state index contributed by atoms with van der Waals surface area (Å²) in [5.74, 6) is 2.10. The summed E-state index contributed by atoms with van der Waals surface area (Å²) in [6, 6.07) is 6.51. The second-order valence-corrected chi connectivity index (χ2v) is 7.45. The van der Waals surface area contributed by atoms with Crippen LogP contribution < -0.4 is 4.74 Å². The molecule has 0 saturated carbocycles. The molecule has 1 rings (SSSR count). The molecule has 0 aliphatic rings. The van der Waals surface area contributed by atoms with Crippen molar-refractivity contribution in [2.24, 2.45) is 5.41 Å². The Kier molecular flexibility index (Phi) is 5.68. The maximum atomic E-state index is 6.41. The van der Waals surface area contributed by atoms with Gasteiger partial charge in [0.1, 0.15) is 11.9 Å². The fourth-order valence-electron chi connectivity index (χ4n) is 2.81. The van der Waals surface area contributed by atoms with E-state index in [2.05, 4.69) is 73.6 Å². The highest BCUT2D eigenvalue weighted by Gasteiger charge is 2.26. The van der Waals surface area contributed by atoms with Gasteiger partial charge in [0, 0.05) is 5.56 Å². The zero-order valence-corrected chi connectivity index (χ0v) is 14.6. The van der Waals surface area contributed by atoms with Crippen molar-refractivity contribution in [3.63, 3.8) is 0 Å². The van der Waals surface area contributed by atoms with E-state index < -0.39 is 0 Å². The van der Waals surface area contributed by atoms with Crippen LogP contribution >= 0.6 is 0 Å². The highest BCUT2D eigenvalue weighted by molar-refractivity contribution is 5.44. The van der Waals surface area contributed by atoms with Crippen molar-refractivity contribution in [2.45, 2.75) is 79.8 Å². The van der Waals surface area contributed by atoms with E-state index in [1.807, 2.05) is 0 Å². The Labute approximate surface area is 125 Å². The van der Waals surface area contributed by atoms with Gasteiger partial charge in [-0.3, -0.25) is 0 Å². The van der Waals surface area contributed by atoms with Crippen molar-refractivity contribution in [1.82, 2.24) is 0 Å². The standard InChI is InChI=1S/C19H32O/c1-9-17(19(6,7)8)20-16-12-10-11-15(13(2)3)18(16)14(4)5/h10-14,17H,9H2,1-8H3. The summed E-state index contributed by atoms with van der Waals surface area (Å²) in [5, 5.41) is 0. The van der Waals surface area contributed by atoms with E-state index in [-0.39, 0.29) is 11.5 Å². The molecular formula is C19H32O. The summed E-state index contributed by atoms with van der Waals surface area (Å²) in [6.07, 6.45) is 1.29. The Morgan fingerprint density at radius 2 is 1.60 bits per heavy atom. The van der Waals surface area contributed by atoms with Crippen LogP contribution in [-0.4, -0.2) is 6.10 Å². The minimum Gasteiger partial charge on any atom is -0.490 e. The van der Waals surface area contributed by atoms with Crippen LogP contribution in [0.15, 0.2) is 18.2 Å². The zero-order valence-electron chi connectivity index (χ0n) is 14.6. The third kappa shape index (κ3) is 4.01. The lowest BCUT2D eigenvalue weighted by atomic mass is 9.86. The van der Waals surface area contributed by atoms with E-state index >= 15 is 0 Å².